The predicted octanol–water partition coefficient (Wildman–Crippen LogP) is 3.97. The molecule has 2 unspecified atom stereocenters. The largest absolute Gasteiger partial charge is 0.465 e. The van der Waals surface area contributed by atoms with Crippen molar-refractivity contribution in [2.24, 2.45) is 22.7 Å². The Labute approximate surface area is 134 Å². The van der Waals surface area contributed by atoms with E-state index in [1.54, 1.807) is 0 Å². The second kappa shape index (κ2) is 7.47. The highest BCUT2D eigenvalue weighted by Crippen LogP contribution is 2.44. The highest BCUT2D eigenvalue weighted by atomic mass is 16.5. The van der Waals surface area contributed by atoms with Gasteiger partial charge in [-0.05, 0) is 43.9 Å². The van der Waals surface area contributed by atoms with Crippen LogP contribution in [0.1, 0.15) is 67.2 Å². The molecule has 1 aliphatic rings. The Morgan fingerprint density at radius 1 is 1.32 bits per heavy atom. The number of rotatable bonds is 7. The van der Waals surface area contributed by atoms with Gasteiger partial charge in [0.15, 0.2) is 0 Å². The normalized spacial score (nSPS) is 21.6. The molecule has 22 heavy (non-hydrogen) atoms. The minimum absolute atomic E-state index is 0.0108. The summed E-state index contributed by atoms with van der Waals surface area (Å²) in [6.45, 7) is 13.4. The number of carbonyl (C=O) groups excluding carboxylic acids is 2. The SMILES string of the molecule is CC(C)CC(C)(C(=O)OCCCC1CCOC1=O)C(C)(C)C. The van der Waals surface area contributed by atoms with Crippen molar-refractivity contribution in [3.05, 3.63) is 0 Å². The van der Waals surface area contributed by atoms with Gasteiger partial charge in [-0.2, -0.15) is 0 Å². The molecule has 0 aromatic heterocycles. The molecule has 0 radical (unpaired) electrons. The summed E-state index contributed by atoms with van der Waals surface area (Å²) in [7, 11) is 0. The van der Waals surface area contributed by atoms with Crippen molar-refractivity contribution < 1.29 is 19.1 Å². The van der Waals surface area contributed by atoms with Gasteiger partial charge < -0.3 is 9.47 Å². The molecule has 0 aliphatic carbocycles. The maximum Gasteiger partial charge on any atom is 0.312 e. The van der Waals surface area contributed by atoms with Gasteiger partial charge >= 0.3 is 11.9 Å². The first kappa shape index (κ1) is 19.0. The van der Waals surface area contributed by atoms with Gasteiger partial charge in [-0.3, -0.25) is 9.59 Å². The Kier molecular flexibility index (Phi) is 6.45. The Morgan fingerprint density at radius 3 is 2.41 bits per heavy atom. The van der Waals surface area contributed by atoms with E-state index in [0.29, 0.717) is 25.6 Å². The average Bonchev–Trinajstić information content (AvgIpc) is 2.77. The molecule has 0 N–H and O–H groups in total. The molecule has 1 rings (SSSR count). The van der Waals surface area contributed by atoms with Crippen molar-refractivity contribution in [3.63, 3.8) is 0 Å². The van der Waals surface area contributed by atoms with Gasteiger partial charge in [0.1, 0.15) is 0 Å². The van der Waals surface area contributed by atoms with Crippen molar-refractivity contribution in [2.45, 2.75) is 67.2 Å². The van der Waals surface area contributed by atoms with E-state index in [2.05, 4.69) is 34.6 Å². The summed E-state index contributed by atoms with van der Waals surface area (Å²) < 4.78 is 10.5. The minimum atomic E-state index is -0.493. The van der Waals surface area contributed by atoms with E-state index in [1.165, 1.54) is 0 Å². The summed E-state index contributed by atoms with van der Waals surface area (Å²) in [5.41, 5.74) is -0.642. The topological polar surface area (TPSA) is 52.6 Å². The lowest BCUT2D eigenvalue weighted by molar-refractivity contribution is -0.163. The second-order valence-corrected chi connectivity index (χ2v) is 8.11. The Hall–Kier alpha value is -1.06. The summed E-state index contributed by atoms with van der Waals surface area (Å²) >= 11 is 0. The van der Waals surface area contributed by atoms with Crippen LogP contribution in [0.2, 0.25) is 0 Å². The van der Waals surface area contributed by atoms with Gasteiger partial charge in [0.05, 0.1) is 24.5 Å². The van der Waals surface area contributed by atoms with Crippen LogP contribution in [0.15, 0.2) is 0 Å². The second-order valence-electron chi connectivity index (χ2n) is 8.11. The number of cyclic esters (lactones) is 1. The Morgan fingerprint density at radius 2 is 1.95 bits per heavy atom. The fourth-order valence-corrected chi connectivity index (χ4v) is 2.97. The predicted molar refractivity (Wildman–Crippen MR) is 86.3 cm³/mol. The standard InChI is InChI=1S/C18H32O4/c1-13(2)12-18(6,17(3,4)5)16(20)22-10-7-8-14-9-11-21-15(14)19/h13-14H,7-12H2,1-6H3. The molecule has 0 aromatic carbocycles. The molecule has 1 fully saturated rings. The van der Waals surface area contributed by atoms with E-state index in [9.17, 15) is 9.59 Å². The van der Waals surface area contributed by atoms with E-state index >= 15 is 0 Å². The van der Waals surface area contributed by atoms with Crippen LogP contribution in [0.25, 0.3) is 0 Å². The van der Waals surface area contributed by atoms with Crippen LogP contribution in [0.4, 0.5) is 0 Å². The van der Waals surface area contributed by atoms with Gasteiger partial charge in [0.25, 0.3) is 0 Å². The summed E-state index contributed by atoms with van der Waals surface area (Å²) in [5.74, 6) is 0.196. The lowest BCUT2D eigenvalue weighted by Crippen LogP contribution is -2.42. The summed E-state index contributed by atoms with van der Waals surface area (Å²) in [4.78, 5) is 24.0. The molecule has 0 amide bonds. The lowest BCUT2D eigenvalue weighted by atomic mass is 9.64. The van der Waals surface area contributed by atoms with Crippen LogP contribution in [0.3, 0.4) is 0 Å². The summed E-state index contributed by atoms with van der Waals surface area (Å²) in [6, 6.07) is 0. The molecular weight excluding hydrogens is 280 g/mol. The maximum absolute atomic E-state index is 12.6. The highest BCUT2D eigenvalue weighted by Gasteiger charge is 2.45. The number of hydrogen-bond acceptors (Lipinski definition) is 4. The summed E-state index contributed by atoms with van der Waals surface area (Å²) in [6.07, 6.45) is 3.06. The third-order valence-corrected chi connectivity index (χ3v) is 4.90. The Bertz CT molecular complexity index is 394. The fraction of sp³-hybridized carbons (Fsp3) is 0.889. The first-order chi connectivity index (χ1) is 10.1. The first-order valence-electron chi connectivity index (χ1n) is 8.42. The quantitative estimate of drug-likeness (QED) is 0.527. The molecule has 128 valence electrons. The zero-order valence-electron chi connectivity index (χ0n) is 15.0. The van der Waals surface area contributed by atoms with Gasteiger partial charge in [-0.25, -0.2) is 0 Å². The molecule has 2 atom stereocenters. The average molecular weight is 312 g/mol. The zero-order valence-corrected chi connectivity index (χ0v) is 15.0. The molecule has 0 bridgehead atoms. The third kappa shape index (κ3) is 4.72. The van der Waals surface area contributed by atoms with Gasteiger partial charge in [0.2, 0.25) is 0 Å². The molecule has 1 saturated heterocycles. The van der Waals surface area contributed by atoms with E-state index in [0.717, 1.165) is 19.3 Å². The van der Waals surface area contributed by atoms with Crippen LogP contribution in [-0.2, 0) is 19.1 Å². The van der Waals surface area contributed by atoms with E-state index in [1.807, 2.05) is 6.92 Å². The van der Waals surface area contributed by atoms with Crippen LogP contribution in [0.5, 0.6) is 0 Å². The zero-order chi connectivity index (χ0) is 17.0. The van der Waals surface area contributed by atoms with Crippen molar-refractivity contribution in [2.75, 3.05) is 13.2 Å². The van der Waals surface area contributed by atoms with E-state index < -0.39 is 5.41 Å². The van der Waals surface area contributed by atoms with E-state index in [-0.39, 0.29) is 23.3 Å². The smallest absolute Gasteiger partial charge is 0.312 e. The van der Waals surface area contributed by atoms with Crippen molar-refractivity contribution in [1.82, 2.24) is 0 Å². The third-order valence-electron chi connectivity index (χ3n) is 4.90. The van der Waals surface area contributed by atoms with E-state index in [4.69, 9.17) is 9.47 Å². The molecule has 0 aromatic rings. The van der Waals surface area contributed by atoms with Gasteiger partial charge in [0, 0.05) is 0 Å². The molecule has 4 heteroatoms. The molecule has 1 aliphatic heterocycles. The number of carbonyl (C=O) groups is 2. The fourth-order valence-electron chi connectivity index (χ4n) is 2.97. The Balaban J connectivity index is 2.48. The van der Waals surface area contributed by atoms with Gasteiger partial charge in [-0.15, -0.1) is 0 Å². The van der Waals surface area contributed by atoms with Crippen LogP contribution >= 0.6 is 0 Å². The number of hydrogen-bond donors (Lipinski definition) is 0. The lowest BCUT2D eigenvalue weighted by Gasteiger charge is -2.40. The van der Waals surface area contributed by atoms with Crippen LogP contribution in [0, 0.1) is 22.7 Å². The molecule has 1 heterocycles. The van der Waals surface area contributed by atoms with Gasteiger partial charge in [-0.1, -0.05) is 34.6 Å². The molecular formula is C18H32O4. The molecule has 0 spiro atoms. The number of esters is 2. The monoisotopic (exact) mass is 312 g/mol. The molecule has 0 saturated carbocycles. The minimum Gasteiger partial charge on any atom is -0.465 e. The van der Waals surface area contributed by atoms with Crippen molar-refractivity contribution in [3.8, 4) is 0 Å². The van der Waals surface area contributed by atoms with Crippen LogP contribution < -0.4 is 0 Å². The highest BCUT2D eigenvalue weighted by molar-refractivity contribution is 5.77. The first-order valence-corrected chi connectivity index (χ1v) is 8.42. The summed E-state index contributed by atoms with van der Waals surface area (Å²) in [5, 5.41) is 0. The molecule has 4 nitrogen and oxygen atoms in total. The van der Waals surface area contributed by atoms with Crippen LogP contribution in [-0.4, -0.2) is 25.2 Å². The van der Waals surface area contributed by atoms with Crippen molar-refractivity contribution in [1.29, 1.82) is 0 Å². The number of ether oxygens (including phenoxy) is 2. The maximum atomic E-state index is 12.6. The van der Waals surface area contributed by atoms with Crippen molar-refractivity contribution >= 4 is 11.9 Å².